The number of carboxylic acids is 1. The number of amides is 2. The highest BCUT2D eigenvalue weighted by Crippen LogP contribution is 2.20. The molecule has 1 saturated heterocycles. The van der Waals surface area contributed by atoms with Crippen LogP contribution < -0.4 is 5.32 Å². The summed E-state index contributed by atoms with van der Waals surface area (Å²) in [6.45, 7) is -1.54. The molecule has 0 atom stereocenters. The van der Waals surface area contributed by atoms with Gasteiger partial charge in [-0.1, -0.05) is 0 Å². The van der Waals surface area contributed by atoms with E-state index in [1.807, 2.05) is 0 Å². The summed E-state index contributed by atoms with van der Waals surface area (Å²) >= 11 is 0. The summed E-state index contributed by atoms with van der Waals surface area (Å²) in [5.74, 6) is -2.29. The van der Waals surface area contributed by atoms with Crippen LogP contribution in [-0.4, -0.2) is 60.3 Å². The van der Waals surface area contributed by atoms with Crippen LogP contribution in [0.3, 0.4) is 0 Å². The Bertz CT molecular complexity index is 683. The van der Waals surface area contributed by atoms with Gasteiger partial charge in [-0.3, -0.25) is 14.4 Å². The third kappa shape index (κ3) is 6.55. The molecule has 1 aromatic rings. The third-order valence-electron chi connectivity index (χ3n) is 4.05. The Hall–Kier alpha value is -2.62. The van der Waals surface area contributed by atoms with E-state index < -0.39 is 37.2 Å². The maximum absolute atomic E-state index is 12.4. The zero-order valence-electron chi connectivity index (χ0n) is 14.3. The maximum atomic E-state index is 12.4. The van der Waals surface area contributed by atoms with Gasteiger partial charge in [0.05, 0.1) is 5.92 Å². The van der Waals surface area contributed by atoms with E-state index >= 15 is 0 Å². The number of carbonyl (C=O) groups is 3. The summed E-state index contributed by atoms with van der Waals surface area (Å²) in [4.78, 5) is 36.4. The Balaban J connectivity index is 1.83. The molecule has 1 heterocycles. The van der Waals surface area contributed by atoms with Gasteiger partial charge in [0, 0.05) is 24.3 Å². The third-order valence-corrected chi connectivity index (χ3v) is 4.05. The standard InChI is InChI=1S/C17H19F3N2O5/c18-17(19,20)10-27-9-14(23)21-13-3-1-11(2-4-13)15(24)22-7-5-12(6-8-22)16(25)26/h1-4,12H,5-10H2,(H,21,23)(H,25,26). The van der Waals surface area contributed by atoms with Crippen molar-refractivity contribution >= 4 is 23.5 Å². The number of benzene rings is 1. The Labute approximate surface area is 153 Å². The van der Waals surface area contributed by atoms with Crippen LogP contribution in [0.15, 0.2) is 24.3 Å². The van der Waals surface area contributed by atoms with Crippen LogP contribution in [0.2, 0.25) is 0 Å². The van der Waals surface area contributed by atoms with Gasteiger partial charge in [0.1, 0.15) is 13.2 Å². The van der Waals surface area contributed by atoms with Crippen LogP contribution in [0.4, 0.5) is 18.9 Å². The minimum Gasteiger partial charge on any atom is -0.481 e. The molecule has 2 rings (SSSR count). The van der Waals surface area contributed by atoms with Crippen molar-refractivity contribution < 1.29 is 37.4 Å². The Morgan fingerprint density at radius 2 is 1.74 bits per heavy atom. The zero-order valence-corrected chi connectivity index (χ0v) is 14.3. The van der Waals surface area contributed by atoms with E-state index in [0.717, 1.165) is 0 Å². The van der Waals surface area contributed by atoms with Crippen LogP contribution in [0, 0.1) is 5.92 Å². The second-order valence-electron chi connectivity index (χ2n) is 6.14. The first-order chi connectivity index (χ1) is 12.7. The van der Waals surface area contributed by atoms with Crippen LogP contribution in [0.5, 0.6) is 0 Å². The quantitative estimate of drug-likeness (QED) is 0.779. The van der Waals surface area contributed by atoms with Crippen LogP contribution in [-0.2, 0) is 14.3 Å². The first-order valence-corrected chi connectivity index (χ1v) is 8.22. The number of anilines is 1. The number of halogens is 3. The highest BCUT2D eigenvalue weighted by Gasteiger charge is 2.28. The minimum absolute atomic E-state index is 0.245. The van der Waals surface area contributed by atoms with Crippen molar-refractivity contribution in [2.75, 3.05) is 31.6 Å². The van der Waals surface area contributed by atoms with Crippen molar-refractivity contribution in [1.29, 1.82) is 0 Å². The van der Waals surface area contributed by atoms with Gasteiger partial charge in [0.15, 0.2) is 0 Å². The molecule has 0 aromatic heterocycles. The lowest BCUT2D eigenvalue weighted by molar-refractivity contribution is -0.174. The molecule has 27 heavy (non-hydrogen) atoms. The monoisotopic (exact) mass is 388 g/mol. The number of carbonyl (C=O) groups excluding carboxylic acids is 2. The normalized spacial score (nSPS) is 15.4. The number of hydrogen-bond donors (Lipinski definition) is 2. The summed E-state index contributed by atoms with van der Waals surface area (Å²) in [6.07, 6.45) is -3.71. The topological polar surface area (TPSA) is 95.9 Å². The predicted molar refractivity (Wildman–Crippen MR) is 88.2 cm³/mol. The second kappa shape index (κ2) is 8.85. The van der Waals surface area contributed by atoms with Crippen molar-refractivity contribution in [1.82, 2.24) is 4.90 Å². The van der Waals surface area contributed by atoms with E-state index in [9.17, 15) is 27.6 Å². The van der Waals surface area contributed by atoms with Crippen molar-refractivity contribution in [2.45, 2.75) is 19.0 Å². The Kier molecular flexibility index (Phi) is 6.78. The Morgan fingerprint density at radius 3 is 2.26 bits per heavy atom. The maximum Gasteiger partial charge on any atom is 0.411 e. The second-order valence-corrected chi connectivity index (χ2v) is 6.14. The van der Waals surface area contributed by atoms with Gasteiger partial charge in [0.25, 0.3) is 5.91 Å². The average molecular weight is 388 g/mol. The fraction of sp³-hybridized carbons (Fsp3) is 0.471. The van der Waals surface area contributed by atoms with Gasteiger partial charge in [-0.2, -0.15) is 13.2 Å². The number of piperidine rings is 1. The fourth-order valence-electron chi connectivity index (χ4n) is 2.66. The van der Waals surface area contributed by atoms with Crippen LogP contribution >= 0.6 is 0 Å². The number of aliphatic carboxylic acids is 1. The molecule has 148 valence electrons. The van der Waals surface area contributed by atoms with E-state index in [0.29, 0.717) is 37.2 Å². The summed E-state index contributed by atoms with van der Waals surface area (Å²) in [5.41, 5.74) is 0.687. The van der Waals surface area contributed by atoms with Crippen molar-refractivity contribution in [3.63, 3.8) is 0 Å². The molecule has 0 saturated carbocycles. The van der Waals surface area contributed by atoms with E-state index in [1.165, 1.54) is 24.3 Å². The predicted octanol–water partition coefficient (Wildman–Crippen LogP) is 2.14. The highest BCUT2D eigenvalue weighted by molar-refractivity contribution is 5.96. The highest BCUT2D eigenvalue weighted by atomic mass is 19.4. The SMILES string of the molecule is O=C(COCC(F)(F)F)Nc1ccc(C(=O)N2CCC(C(=O)O)CC2)cc1. The molecule has 0 spiro atoms. The minimum atomic E-state index is -4.50. The lowest BCUT2D eigenvalue weighted by Gasteiger charge is -2.30. The van der Waals surface area contributed by atoms with Crippen molar-refractivity contribution in [3.05, 3.63) is 29.8 Å². The molecule has 1 fully saturated rings. The number of likely N-dealkylation sites (tertiary alicyclic amines) is 1. The summed E-state index contributed by atoms with van der Waals surface area (Å²) < 4.78 is 40.1. The van der Waals surface area contributed by atoms with Gasteiger partial charge in [-0.15, -0.1) is 0 Å². The average Bonchev–Trinajstić information content (AvgIpc) is 2.60. The van der Waals surface area contributed by atoms with E-state index in [4.69, 9.17) is 5.11 Å². The molecule has 1 aliphatic heterocycles. The summed E-state index contributed by atoms with van der Waals surface area (Å²) in [5, 5.41) is 11.3. The zero-order chi connectivity index (χ0) is 20.0. The molecule has 0 unspecified atom stereocenters. The number of rotatable bonds is 6. The van der Waals surface area contributed by atoms with Gasteiger partial charge >= 0.3 is 12.1 Å². The lowest BCUT2D eigenvalue weighted by atomic mass is 9.96. The molecule has 0 radical (unpaired) electrons. The number of alkyl halides is 3. The fourth-order valence-corrected chi connectivity index (χ4v) is 2.66. The first kappa shape index (κ1) is 20.7. The molecule has 10 heteroatoms. The van der Waals surface area contributed by atoms with Gasteiger partial charge in [-0.25, -0.2) is 0 Å². The smallest absolute Gasteiger partial charge is 0.411 e. The number of nitrogens with one attached hydrogen (secondary N) is 1. The van der Waals surface area contributed by atoms with Crippen molar-refractivity contribution in [2.24, 2.45) is 5.92 Å². The van der Waals surface area contributed by atoms with E-state index in [2.05, 4.69) is 10.1 Å². The van der Waals surface area contributed by atoms with E-state index in [1.54, 1.807) is 4.90 Å². The molecular formula is C17H19F3N2O5. The van der Waals surface area contributed by atoms with Gasteiger partial charge in [0.2, 0.25) is 5.91 Å². The number of nitrogens with zero attached hydrogens (tertiary/aromatic N) is 1. The summed E-state index contributed by atoms with van der Waals surface area (Å²) in [7, 11) is 0. The molecule has 7 nitrogen and oxygen atoms in total. The molecule has 2 amide bonds. The van der Waals surface area contributed by atoms with Crippen molar-refractivity contribution in [3.8, 4) is 0 Å². The van der Waals surface area contributed by atoms with Crippen LogP contribution in [0.25, 0.3) is 0 Å². The molecule has 0 aliphatic carbocycles. The molecule has 1 aromatic carbocycles. The number of hydrogen-bond acceptors (Lipinski definition) is 4. The lowest BCUT2D eigenvalue weighted by Crippen LogP contribution is -2.40. The molecule has 1 aliphatic rings. The Morgan fingerprint density at radius 1 is 1.15 bits per heavy atom. The summed E-state index contributed by atoms with van der Waals surface area (Å²) in [6, 6.07) is 5.88. The van der Waals surface area contributed by atoms with Gasteiger partial charge < -0.3 is 20.1 Å². The largest absolute Gasteiger partial charge is 0.481 e. The molecule has 0 bridgehead atoms. The van der Waals surface area contributed by atoms with Gasteiger partial charge in [-0.05, 0) is 37.1 Å². The number of ether oxygens (including phenoxy) is 1. The first-order valence-electron chi connectivity index (χ1n) is 8.22. The van der Waals surface area contributed by atoms with Crippen LogP contribution in [0.1, 0.15) is 23.2 Å². The molecular weight excluding hydrogens is 369 g/mol. The molecule has 2 N–H and O–H groups in total. The van der Waals surface area contributed by atoms with E-state index in [-0.39, 0.29) is 5.91 Å². The number of carboxylic acid groups (broad SMARTS) is 1.